The van der Waals surface area contributed by atoms with E-state index in [0.29, 0.717) is 22.5 Å². The van der Waals surface area contributed by atoms with E-state index in [1.807, 2.05) is 32.0 Å². The largest absolute Gasteiger partial charge is 0.465 e. The number of ketones is 1. The van der Waals surface area contributed by atoms with Gasteiger partial charge in [-0.05, 0) is 64.4 Å². The third-order valence-electron chi connectivity index (χ3n) is 5.39. The van der Waals surface area contributed by atoms with Crippen LogP contribution in [0.2, 0.25) is 0 Å². The summed E-state index contributed by atoms with van der Waals surface area (Å²) in [6.07, 6.45) is 0. The van der Waals surface area contributed by atoms with Crippen molar-refractivity contribution in [3.63, 3.8) is 0 Å². The summed E-state index contributed by atoms with van der Waals surface area (Å²) in [6, 6.07) is 5.18. The summed E-state index contributed by atoms with van der Waals surface area (Å²) >= 11 is 0. The van der Waals surface area contributed by atoms with Crippen molar-refractivity contribution in [3.8, 4) is 0 Å². The molecule has 1 heterocycles. The molecule has 0 saturated heterocycles. The third kappa shape index (κ3) is 4.74. The predicted molar refractivity (Wildman–Crippen MR) is 113 cm³/mol. The van der Waals surface area contributed by atoms with Gasteiger partial charge in [-0.1, -0.05) is 12.1 Å². The number of amides is 1. The molecule has 2 rings (SSSR count). The van der Waals surface area contributed by atoms with Gasteiger partial charge in [-0.3, -0.25) is 14.5 Å². The molecule has 1 atom stereocenters. The second kappa shape index (κ2) is 9.05. The molecule has 7 heteroatoms. The quantitative estimate of drug-likeness (QED) is 0.551. The maximum atomic E-state index is 13.0. The standard InChI is InChI=1S/C22H29N3O4/c1-12-9-8-10-17(13(12)2)24-18(26)11-25(6)16(5)21(27)20-14(3)19(15(4)23-20)22(28)29-7/h8-10,16,23H,11H2,1-7H3,(H,24,26). The molecule has 29 heavy (non-hydrogen) atoms. The van der Waals surface area contributed by atoms with E-state index in [1.165, 1.54) is 7.11 Å². The van der Waals surface area contributed by atoms with Crippen molar-refractivity contribution < 1.29 is 19.1 Å². The summed E-state index contributed by atoms with van der Waals surface area (Å²) in [5.41, 5.74) is 4.75. The van der Waals surface area contributed by atoms with Gasteiger partial charge in [-0.25, -0.2) is 4.79 Å². The first-order valence-electron chi connectivity index (χ1n) is 9.46. The summed E-state index contributed by atoms with van der Waals surface area (Å²) in [4.78, 5) is 42.1. The topological polar surface area (TPSA) is 91.5 Å². The van der Waals surface area contributed by atoms with Crippen LogP contribution in [0.5, 0.6) is 0 Å². The van der Waals surface area contributed by atoms with Gasteiger partial charge in [-0.2, -0.15) is 0 Å². The van der Waals surface area contributed by atoms with E-state index in [4.69, 9.17) is 4.74 Å². The lowest BCUT2D eigenvalue weighted by atomic mass is 10.0. The number of carbonyl (C=O) groups excluding carboxylic acids is 3. The average Bonchev–Trinajstić information content (AvgIpc) is 2.97. The number of Topliss-reactive ketones (excluding diaryl/α,β-unsaturated/α-hetero) is 1. The molecule has 1 aromatic heterocycles. The van der Waals surface area contributed by atoms with Gasteiger partial charge in [0.2, 0.25) is 5.91 Å². The fraction of sp³-hybridized carbons (Fsp3) is 0.409. The highest BCUT2D eigenvalue weighted by Gasteiger charge is 2.28. The maximum absolute atomic E-state index is 13.0. The van der Waals surface area contributed by atoms with Gasteiger partial charge in [-0.15, -0.1) is 0 Å². The zero-order valence-corrected chi connectivity index (χ0v) is 18.1. The molecule has 156 valence electrons. The minimum absolute atomic E-state index is 0.0584. The lowest BCUT2D eigenvalue weighted by Gasteiger charge is -2.23. The molecule has 0 aliphatic heterocycles. The Kier molecular flexibility index (Phi) is 6.97. The number of rotatable bonds is 7. The van der Waals surface area contributed by atoms with Crippen LogP contribution in [0.3, 0.4) is 0 Å². The van der Waals surface area contributed by atoms with Gasteiger partial charge in [0.1, 0.15) is 0 Å². The van der Waals surface area contributed by atoms with Crippen molar-refractivity contribution in [3.05, 3.63) is 51.8 Å². The number of H-pyrrole nitrogens is 1. The van der Waals surface area contributed by atoms with E-state index in [2.05, 4.69) is 10.3 Å². The lowest BCUT2D eigenvalue weighted by molar-refractivity contribution is -0.117. The summed E-state index contributed by atoms with van der Waals surface area (Å²) < 4.78 is 4.79. The van der Waals surface area contributed by atoms with Crippen LogP contribution in [-0.4, -0.2) is 54.3 Å². The first-order chi connectivity index (χ1) is 13.6. The average molecular weight is 399 g/mol. The van der Waals surface area contributed by atoms with Gasteiger partial charge >= 0.3 is 5.97 Å². The minimum atomic E-state index is -0.554. The van der Waals surface area contributed by atoms with E-state index >= 15 is 0 Å². The van der Waals surface area contributed by atoms with Crippen molar-refractivity contribution in [1.29, 1.82) is 0 Å². The minimum Gasteiger partial charge on any atom is -0.465 e. The molecule has 0 aliphatic rings. The molecule has 0 aliphatic carbocycles. The van der Waals surface area contributed by atoms with Crippen molar-refractivity contribution in [1.82, 2.24) is 9.88 Å². The van der Waals surface area contributed by atoms with Crippen molar-refractivity contribution in [2.75, 3.05) is 26.0 Å². The first kappa shape index (κ1) is 22.4. The zero-order valence-electron chi connectivity index (χ0n) is 18.1. The fourth-order valence-electron chi connectivity index (χ4n) is 3.25. The van der Waals surface area contributed by atoms with E-state index in [0.717, 1.165) is 16.8 Å². The normalized spacial score (nSPS) is 12.0. The number of carbonyl (C=O) groups is 3. The number of nitrogens with one attached hydrogen (secondary N) is 2. The van der Waals surface area contributed by atoms with E-state index in [1.54, 1.807) is 32.7 Å². The summed E-state index contributed by atoms with van der Waals surface area (Å²) in [6.45, 7) is 9.17. The Balaban J connectivity index is 2.11. The number of hydrogen-bond acceptors (Lipinski definition) is 5. The van der Waals surface area contributed by atoms with Gasteiger partial charge in [0.15, 0.2) is 5.78 Å². The van der Waals surface area contributed by atoms with Crippen LogP contribution in [0, 0.1) is 27.7 Å². The lowest BCUT2D eigenvalue weighted by Crippen LogP contribution is -2.41. The third-order valence-corrected chi connectivity index (χ3v) is 5.39. The van der Waals surface area contributed by atoms with Crippen molar-refractivity contribution in [2.45, 2.75) is 40.7 Å². The van der Waals surface area contributed by atoms with Gasteiger partial charge < -0.3 is 15.0 Å². The van der Waals surface area contributed by atoms with Crippen molar-refractivity contribution >= 4 is 23.3 Å². The molecular weight excluding hydrogens is 370 g/mol. The maximum Gasteiger partial charge on any atom is 0.339 e. The number of likely N-dealkylation sites (N-methyl/N-ethyl adjacent to an activating group) is 1. The number of aryl methyl sites for hydroxylation is 2. The molecule has 0 spiro atoms. The highest BCUT2D eigenvalue weighted by molar-refractivity contribution is 6.04. The highest BCUT2D eigenvalue weighted by Crippen LogP contribution is 2.21. The zero-order chi connectivity index (χ0) is 21.9. The van der Waals surface area contributed by atoms with Crippen LogP contribution in [0.25, 0.3) is 0 Å². The number of anilines is 1. The van der Waals surface area contributed by atoms with Gasteiger partial charge in [0.05, 0.1) is 31.0 Å². The van der Waals surface area contributed by atoms with Crippen LogP contribution in [0.4, 0.5) is 5.69 Å². The van der Waals surface area contributed by atoms with Crippen molar-refractivity contribution in [2.24, 2.45) is 0 Å². The number of aromatic nitrogens is 1. The Hall–Kier alpha value is -2.93. The summed E-state index contributed by atoms with van der Waals surface area (Å²) in [5.74, 6) is -0.873. The Bertz CT molecular complexity index is 946. The molecule has 1 unspecified atom stereocenters. The highest BCUT2D eigenvalue weighted by atomic mass is 16.5. The molecule has 2 N–H and O–H groups in total. The monoisotopic (exact) mass is 399 g/mol. The van der Waals surface area contributed by atoms with E-state index in [9.17, 15) is 14.4 Å². The number of aromatic amines is 1. The molecule has 2 aromatic rings. The molecule has 7 nitrogen and oxygen atoms in total. The van der Waals surface area contributed by atoms with Gasteiger partial charge in [0, 0.05) is 11.4 Å². The Morgan fingerprint density at radius 1 is 1.14 bits per heavy atom. The number of ether oxygens (including phenoxy) is 1. The number of nitrogens with zero attached hydrogens (tertiary/aromatic N) is 1. The molecule has 1 aromatic carbocycles. The number of hydrogen-bond donors (Lipinski definition) is 2. The molecular formula is C22H29N3O4. The Labute approximate surface area is 171 Å². The Morgan fingerprint density at radius 3 is 2.41 bits per heavy atom. The number of methoxy groups -OCH3 is 1. The van der Waals surface area contributed by atoms with E-state index < -0.39 is 12.0 Å². The summed E-state index contributed by atoms with van der Waals surface area (Å²) in [7, 11) is 3.03. The Morgan fingerprint density at radius 2 is 1.79 bits per heavy atom. The van der Waals surface area contributed by atoms with Crippen LogP contribution in [0.1, 0.15) is 50.2 Å². The number of esters is 1. The molecule has 1 amide bonds. The summed E-state index contributed by atoms with van der Waals surface area (Å²) in [5, 5.41) is 2.90. The van der Waals surface area contributed by atoms with Crippen LogP contribution in [-0.2, 0) is 9.53 Å². The second-order valence-corrected chi connectivity index (χ2v) is 7.37. The predicted octanol–water partition coefficient (Wildman–Crippen LogP) is 3.18. The second-order valence-electron chi connectivity index (χ2n) is 7.37. The smallest absolute Gasteiger partial charge is 0.339 e. The first-order valence-corrected chi connectivity index (χ1v) is 9.46. The molecule has 0 saturated carbocycles. The fourth-order valence-corrected chi connectivity index (χ4v) is 3.25. The van der Waals surface area contributed by atoms with Crippen LogP contribution in [0.15, 0.2) is 18.2 Å². The van der Waals surface area contributed by atoms with Crippen LogP contribution >= 0.6 is 0 Å². The molecule has 0 fully saturated rings. The van der Waals surface area contributed by atoms with E-state index in [-0.39, 0.29) is 18.2 Å². The van der Waals surface area contributed by atoms with Crippen LogP contribution < -0.4 is 5.32 Å². The SMILES string of the molecule is COC(=O)c1c(C)[nH]c(C(=O)C(C)N(C)CC(=O)Nc2cccc(C)c2C)c1C. The molecule has 0 bridgehead atoms. The number of benzene rings is 1. The molecule has 0 radical (unpaired) electrons. The van der Waals surface area contributed by atoms with Gasteiger partial charge in [0.25, 0.3) is 0 Å².